The minimum absolute atomic E-state index is 0. The maximum atomic E-state index is 13.3. The SMILES string of the molecule is Cc1cc(Cl)cc2sc(N(CCN3CCOCC3)C(=O)c3ccccc3)nc12.Cl. The molecule has 5 nitrogen and oxygen atoms in total. The van der Waals surface area contributed by atoms with Gasteiger partial charge < -0.3 is 4.74 Å². The van der Waals surface area contributed by atoms with Crippen molar-refractivity contribution in [2.24, 2.45) is 0 Å². The Bertz CT molecular complexity index is 975. The Balaban J connectivity index is 0.00000240. The van der Waals surface area contributed by atoms with Crippen LogP contribution >= 0.6 is 35.3 Å². The largest absolute Gasteiger partial charge is 0.379 e. The van der Waals surface area contributed by atoms with Crippen molar-refractivity contribution in [3.8, 4) is 0 Å². The summed E-state index contributed by atoms with van der Waals surface area (Å²) in [4.78, 5) is 22.2. The van der Waals surface area contributed by atoms with E-state index < -0.39 is 0 Å². The molecule has 3 aromatic rings. The number of anilines is 1. The highest BCUT2D eigenvalue weighted by Crippen LogP contribution is 2.33. The van der Waals surface area contributed by atoms with Crippen LogP contribution in [0.2, 0.25) is 5.02 Å². The van der Waals surface area contributed by atoms with Crippen molar-refractivity contribution in [1.29, 1.82) is 0 Å². The van der Waals surface area contributed by atoms with Gasteiger partial charge in [0.1, 0.15) is 0 Å². The molecule has 29 heavy (non-hydrogen) atoms. The fraction of sp³-hybridized carbons (Fsp3) is 0.333. The fourth-order valence-corrected chi connectivity index (χ4v) is 4.79. The molecule has 1 saturated heterocycles. The first-order valence-electron chi connectivity index (χ1n) is 9.35. The lowest BCUT2D eigenvalue weighted by Crippen LogP contribution is -2.43. The molecule has 1 aromatic heterocycles. The smallest absolute Gasteiger partial charge is 0.260 e. The van der Waals surface area contributed by atoms with Crippen molar-refractivity contribution in [2.45, 2.75) is 6.92 Å². The molecule has 1 aliphatic heterocycles. The molecule has 1 aliphatic rings. The molecule has 0 spiro atoms. The highest BCUT2D eigenvalue weighted by molar-refractivity contribution is 7.22. The second-order valence-electron chi connectivity index (χ2n) is 6.84. The van der Waals surface area contributed by atoms with Crippen molar-refractivity contribution >= 4 is 56.6 Å². The van der Waals surface area contributed by atoms with Crippen LogP contribution in [0, 0.1) is 6.92 Å². The first-order valence-corrected chi connectivity index (χ1v) is 10.5. The number of fused-ring (bicyclic) bond motifs is 1. The number of carbonyl (C=O) groups excluding carboxylic acids is 1. The molecule has 0 bridgehead atoms. The molecule has 154 valence electrons. The van der Waals surface area contributed by atoms with Crippen molar-refractivity contribution in [2.75, 3.05) is 44.3 Å². The number of hydrogen-bond donors (Lipinski definition) is 0. The van der Waals surface area contributed by atoms with Gasteiger partial charge in [0.15, 0.2) is 5.13 Å². The number of aromatic nitrogens is 1. The molecule has 0 aliphatic carbocycles. The molecular formula is C21H23Cl2N3O2S. The Kier molecular flexibility index (Phi) is 7.49. The first kappa shape index (κ1) is 22.0. The Hall–Kier alpha value is -1.70. The summed E-state index contributed by atoms with van der Waals surface area (Å²) in [6, 6.07) is 13.2. The normalized spacial score (nSPS) is 14.6. The molecule has 4 rings (SSSR count). The van der Waals surface area contributed by atoms with E-state index in [0.29, 0.717) is 22.3 Å². The van der Waals surface area contributed by atoms with E-state index in [4.69, 9.17) is 21.3 Å². The van der Waals surface area contributed by atoms with E-state index in [2.05, 4.69) is 4.90 Å². The third kappa shape index (κ3) is 5.08. The number of thiazole rings is 1. The van der Waals surface area contributed by atoms with Crippen LogP contribution in [0.25, 0.3) is 10.2 Å². The Morgan fingerprint density at radius 2 is 1.97 bits per heavy atom. The quantitative estimate of drug-likeness (QED) is 0.565. The van der Waals surface area contributed by atoms with Gasteiger partial charge in [-0.2, -0.15) is 0 Å². The van der Waals surface area contributed by atoms with E-state index in [1.54, 1.807) is 4.90 Å². The summed E-state index contributed by atoms with van der Waals surface area (Å²) >= 11 is 7.72. The minimum atomic E-state index is -0.0309. The van der Waals surface area contributed by atoms with Crippen LogP contribution in [0.5, 0.6) is 0 Å². The maximum absolute atomic E-state index is 13.3. The molecule has 0 radical (unpaired) electrons. The number of aryl methyl sites for hydroxylation is 1. The molecule has 1 fully saturated rings. The molecule has 2 aromatic carbocycles. The van der Waals surface area contributed by atoms with Gasteiger partial charge in [0.2, 0.25) is 0 Å². The molecule has 0 atom stereocenters. The van der Waals surface area contributed by atoms with Crippen molar-refractivity contribution in [3.63, 3.8) is 0 Å². The van der Waals surface area contributed by atoms with Gasteiger partial charge in [0.25, 0.3) is 5.91 Å². The summed E-state index contributed by atoms with van der Waals surface area (Å²) in [5.41, 5.74) is 2.59. The second-order valence-corrected chi connectivity index (χ2v) is 8.29. The molecule has 0 saturated carbocycles. The number of benzene rings is 2. The number of nitrogens with zero attached hydrogens (tertiary/aromatic N) is 3. The van der Waals surface area contributed by atoms with Gasteiger partial charge >= 0.3 is 0 Å². The lowest BCUT2D eigenvalue weighted by molar-refractivity contribution is 0.0391. The van der Waals surface area contributed by atoms with Crippen molar-refractivity contribution in [3.05, 3.63) is 58.6 Å². The third-order valence-electron chi connectivity index (χ3n) is 4.88. The highest BCUT2D eigenvalue weighted by atomic mass is 35.5. The minimum Gasteiger partial charge on any atom is -0.379 e. The number of amides is 1. The molecule has 0 N–H and O–H groups in total. The van der Waals surface area contributed by atoms with Crippen molar-refractivity contribution in [1.82, 2.24) is 9.88 Å². The number of ether oxygens (including phenoxy) is 1. The van der Waals surface area contributed by atoms with Crippen LogP contribution in [0.1, 0.15) is 15.9 Å². The summed E-state index contributed by atoms with van der Waals surface area (Å²) in [6.07, 6.45) is 0. The van der Waals surface area contributed by atoms with Crippen LogP contribution < -0.4 is 4.90 Å². The highest BCUT2D eigenvalue weighted by Gasteiger charge is 2.23. The van der Waals surface area contributed by atoms with Gasteiger partial charge in [-0.05, 0) is 36.8 Å². The van der Waals surface area contributed by atoms with Crippen LogP contribution in [0.4, 0.5) is 5.13 Å². The van der Waals surface area contributed by atoms with Crippen LogP contribution in [0.15, 0.2) is 42.5 Å². The molecule has 2 heterocycles. The van der Waals surface area contributed by atoms with Gasteiger partial charge in [0, 0.05) is 36.8 Å². The van der Waals surface area contributed by atoms with Gasteiger partial charge in [-0.3, -0.25) is 14.6 Å². The monoisotopic (exact) mass is 451 g/mol. The zero-order valence-electron chi connectivity index (χ0n) is 16.1. The lowest BCUT2D eigenvalue weighted by Gasteiger charge is -2.29. The summed E-state index contributed by atoms with van der Waals surface area (Å²) in [7, 11) is 0. The van der Waals surface area contributed by atoms with Crippen LogP contribution in [-0.2, 0) is 4.74 Å². The lowest BCUT2D eigenvalue weighted by atomic mass is 10.2. The van der Waals surface area contributed by atoms with Gasteiger partial charge in [0.05, 0.1) is 23.4 Å². The van der Waals surface area contributed by atoms with E-state index in [1.165, 1.54) is 11.3 Å². The van der Waals surface area contributed by atoms with E-state index >= 15 is 0 Å². The summed E-state index contributed by atoms with van der Waals surface area (Å²) in [6.45, 7) is 6.63. The standard InChI is InChI=1S/C21H22ClN3O2S.ClH/c1-15-13-17(22)14-18-19(15)23-21(28-18)25(8-7-24-9-11-27-12-10-24)20(26)16-5-3-2-4-6-16;/h2-6,13-14H,7-12H2,1H3;1H. The molecule has 1 amide bonds. The number of hydrogen-bond acceptors (Lipinski definition) is 5. The molecule has 0 unspecified atom stereocenters. The topological polar surface area (TPSA) is 45.7 Å². The van der Waals surface area contributed by atoms with E-state index in [0.717, 1.165) is 48.6 Å². The van der Waals surface area contributed by atoms with Crippen LogP contribution in [0.3, 0.4) is 0 Å². The number of halogens is 2. The molecular weight excluding hydrogens is 429 g/mol. The van der Waals surface area contributed by atoms with Crippen molar-refractivity contribution < 1.29 is 9.53 Å². The first-order chi connectivity index (χ1) is 13.6. The summed E-state index contributed by atoms with van der Waals surface area (Å²) < 4.78 is 6.42. The Labute approximate surface area is 185 Å². The van der Waals surface area contributed by atoms with Gasteiger partial charge in [-0.15, -0.1) is 12.4 Å². The summed E-state index contributed by atoms with van der Waals surface area (Å²) in [5, 5.41) is 1.40. The zero-order valence-corrected chi connectivity index (χ0v) is 18.5. The summed E-state index contributed by atoms with van der Waals surface area (Å²) in [5.74, 6) is -0.0309. The number of morpholine rings is 1. The average Bonchev–Trinajstić information content (AvgIpc) is 3.13. The Morgan fingerprint density at radius 3 is 2.69 bits per heavy atom. The second kappa shape index (κ2) is 9.87. The predicted molar refractivity (Wildman–Crippen MR) is 122 cm³/mol. The maximum Gasteiger partial charge on any atom is 0.260 e. The van der Waals surface area contributed by atoms with Gasteiger partial charge in [-0.1, -0.05) is 41.1 Å². The average molecular weight is 452 g/mol. The number of rotatable bonds is 5. The van der Waals surface area contributed by atoms with Crippen LogP contribution in [-0.4, -0.2) is 55.2 Å². The van der Waals surface area contributed by atoms with E-state index in [1.807, 2.05) is 49.4 Å². The third-order valence-corrected chi connectivity index (χ3v) is 6.12. The fourth-order valence-electron chi connectivity index (χ4n) is 3.34. The zero-order chi connectivity index (χ0) is 19.5. The van der Waals surface area contributed by atoms with E-state index in [9.17, 15) is 4.79 Å². The van der Waals surface area contributed by atoms with E-state index in [-0.39, 0.29) is 18.3 Å². The number of carbonyl (C=O) groups is 1. The predicted octanol–water partition coefficient (Wildman–Crippen LogP) is 4.66. The molecule has 8 heteroatoms. The Morgan fingerprint density at radius 1 is 1.24 bits per heavy atom. The van der Waals surface area contributed by atoms with Gasteiger partial charge in [-0.25, -0.2) is 4.98 Å².